The van der Waals surface area contributed by atoms with Crippen LogP contribution in [-0.2, 0) is 16.1 Å². The molecule has 2 amide bonds. The van der Waals surface area contributed by atoms with Gasteiger partial charge in [0, 0.05) is 5.56 Å². The van der Waals surface area contributed by atoms with Crippen LogP contribution in [0, 0.1) is 0 Å². The van der Waals surface area contributed by atoms with E-state index in [1.807, 2.05) is 42.5 Å². The third-order valence-electron chi connectivity index (χ3n) is 5.47. The zero-order chi connectivity index (χ0) is 21.5. The highest BCUT2D eigenvalue weighted by Crippen LogP contribution is 2.33. The molecule has 1 saturated heterocycles. The molecule has 2 aromatic carbocycles. The highest BCUT2D eigenvalue weighted by Gasteiger charge is 2.55. The van der Waals surface area contributed by atoms with Crippen LogP contribution in [-0.4, -0.2) is 39.0 Å². The van der Waals surface area contributed by atoms with E-state index in [2.05, 4.69) is 34.3 Å². The Morgan fingerprint density at radius 2 is 1.74 bits per heavy atom. The Morgan fingerprint density at radius 1 is 1.00 bits per heavy atom. The highest BCUT2D eigenvalue weighted by molar-refractivity contribution is 6.25. The van der Waals surface area contributed by atoms with Gasteiger partial charge in [0.25, 0.3) is 11.8 Å². The van der Waals surface area contributed by atoms with Crippen molar-refractivity contribution in [3.8, 4) is 11.4 Å². The zero-order valence-electron chi connectivity index (χ0n) is 17.0. The smallest absolute Gasteiger partial charge is 0.263 e. The van der Waals surface area contributed by atoms with Gasteiger partial charge in [0.2, 0.25) is 11.7 Å². The molecule has 1 fully saturated rings. The maximum Gasteiger partial charge on any atom is 0.263 e. The van der Waals surface area contributed by atoms with E-state index in [1.54, 1.807) is 12.1 Å². The first kappa shape index (κ1) is 19.1. The molecule has 3 heterocycles. The molecule has 9 nitrogen and oxygen atoms in total. The fourth-order valence-electron chi connectivity index (χ4n) is 3.78. The molecule has 9 heteroatoms. The van der Waals surface area contributed by atoms with Crippen LogP contribution in [0.4, 0.5) is 5.69 Å². The Labute approximate surface area is 178 Å². The number of fused-ring (bicyclic) bond motifs is 1. The Balaban J connectivity index is 1.35. The minimum Gasteiger partial charge on any atom is -0.337 e. The molecule has 0 N–H and O–H groups in total. The molecule has 5 rings (SSSR count). The van der Waals surface area contributed by atoms with Crippen molar-refractivity contribution < 1.29 is 14.1 Å². The highest BCUT2D eigenvalue weighted by atomic mass is 16.5. The summed E-state index contributed by atoms with van der Waals surface area (Å²) < 4.78 is 5.32. The van der Waals surface area contributed by atoms with Crippen molar-refractivity contribution in [3.63, 3.8) is 0 Å². The largest absolute Gasteiger partial charge is 0.337 e. The number of carbonyl (C=O) groups excluding carboxylic acids is 2. The molecular weight excluding hydrogens is 396 g/mol. The van der Waals surface area contributed by atoms with Gasteiger partial charge < -0.3 is 4.52 Å². The van der Waals surface area contributed by atoms with Crippen LogP contribution in [0.1, 0.15) is 31.2 Å². The monoisotopic (exact) mass is 416 g/mol. The van der Waals surface area contributed by atoms with E-state index in [-0.39, 0.29) is 18.4 Å². The van der Waals surface area contributed by atoms with Crippen molar-refractivity contribution in [2.75, 3.05) is 4.90 Å². The maximum absolute atomic E-state index is 13.1. The van der Waals surface area contributed by atoms with Gasteiger partial charge in [-0.2, -0.15) is 10.1 Å². The van der Waals surface area contributed by atoms with Crippen molar-refractivity contribution in [2.45, 2.75) is 38.4 Å². The van der Waals surface area contributed by atoms with Crippen LogP contribution >= 0.6 is 0 Å². The van der Waals surface area contributed by atoms with Crippen molar-refractivity contribution in [3.05, 3.63) is 66.1 Å². The number of aromatic nitrogens is 2. The average Bonchev–Trinajstić information content (AvgIpc) is 3.47. The van der Waals surface area contributed by atoms with Crippen LogP contribution in [0.25, 0.3) is 11.4 Å². The summed E-state index contributed by atoms with van der Waals surface area (Å²) in [7, 11) is 0. The summed E-state index contributed by atoms with van der Waals surface area (Å²) in [5.74, 6) is 0.356. The van der Waals surface area contributed by atoms with E-state index in [1.165, 1.54) is 9.91 Å². The Kier molecular flexibility index (Phi) is 4.58. The zero-order valence-corrected chi connectivity index (χ0v) is 17.0. The lowest BCUT2D eigenvalue weighted by atomic mass is 10.0. The second-order valence-corrected chi connectivity index (χ2v) is 7.83. The van der Waals surface area contributed by atoms with Crippen LogP contribution < -0.4 is 4.90 Å². The van der Waals surface area contributed by atoms with Gasteiger partial charge in [0.1, 0.15) is 6.54 Å². The van der Waals surface area contributed by atoms with Gasteiger partial charge in [-0.1, -0.05) is 66.7 Å². The molecule has 2 aliphatic rings. The van der Waals surface area contributed by atoms with Crippen LogP contribution in [0.2, 0.25) is 0 Å². The van der Waals surface area contributed by atoms with Gasteiger partial charge >= 0.3 is 0 Å². The number of nitrogens with zero attached hydrogens (tertiary/aromatic N) is 6. The standard InChI is InChI=1S/C22H20N6O3/c1-13(2)14-8-10-16(11-9-14)28-21(29)18-19(22(28)30)27(26-24-18)12-17-23-20(25-31-17)15-6-4-3-5-7-15/h3-11,13,18-19H,12H2,1-2H3. The first-order valence-corrected chi connectivity index (χ1v) is 10.1. The number of hydrogen-bond acceptors (Lipinski definition) is 8. The molecule has 0 spiro atoms. The number of benzene rings is 2. The second kappa shape index (κ2) is 7.42. The van der Waals surface area contributed by atoms with Crippen LogP contribution in [0.15, 0.2) is 69.5 Å². The topological polar surface area (TPSA) is 104 Å². The number of amides is 2. The van der Waals surface area contributed by atoms with Crippen molar-refractivity contribution in [1.29, 1.82) is 0 Å². The lowest BCUT2D eigenvalue weighted by Gasteiger charge is -2.19. The molecule has 1 aromatic heterocycles. The third kappa shape index (κ3) is 3.27. The minimum atomic E-state index is -0.867. The van der Waals surface area contributed by atoms with Crippen LogP contribution in [0.5, 0.6) is 0 Å². The summed E-state index contributed by atoms with van der Waals surface area (Å²) in [4.78, 5) is 31.6. The molecular formula is C22H20N6O3. The van der Waals surface area contributed by atoms with Crippen molar-refractivity contribution in [1.82, 2.24) is 15.1 Å². The Morgan fingerprint density at radius 3 is 2.45 bits per heavy atom. The minimum absolute atomic E-state index is 0.0870. The third-order valence-corrected chi connectivity index (χ3v) is 5.47. The van der Waals surface area contributed by atoms with Gasteiger partial charge in [-0.15, -0.1) is 0 Å². The predicted molar refractivity (Wildman–Crippen MR) is 111 cm³/mol. The molecule has 3 aromatic rings. The van der Waals surface area contributed by atoms with Gasteiger partial charge in [-0.25, -0.2) is 4.90 Å². The van der Waals surface area contributed by atoms with Crippen molar-refractivity contribution >= 4 is 17.5 Å². The number of carbonyl (C=O) groups is 2. The summed E-state index contributed by atoms with van der Waals surface area (Å²) in [6, 6.07) is 15.2. The van der Waals surface area contributed by atoms with E-state index in [0.29, 0.717) is 23.3 Å². The first-order chi connectivity index (χ1) is 15.0. The fourth-order valence-corrected chi connectivity index (χ4v) is 3.78. The van der Waals surface area contributed by atoms with E-state index >= 15 is 0 Å². The van der Waals surface area contributed by atoms with Gasteiger partial charge in [0.15, 0.2) is 12.1 Å². The quantitative estimate of drug-likeness (QED) is 0.591. The van der Waals surface area contributed by atoms with E-state index < -0.39 is 12.1 Å². The molecule has 2 unspecified atom stereocenters. The normalized spacial score (nSPS) is 20.2. The second-order valence-electron chi connectivity index (χ2n) is 7.83. The molecule has 31 heavy (non-hydrogen) atoms. The summed E-state index contributed by atoms with van der Waals surface area (Å²) >= 11 is 0. The number of anilines is 1. The molecule has 156 valence electrons. The average molecular weight is 416 g/mol. The lowest BCUT2D eigenvalue weighted by Crippen LogP contribution is -2.39. The number of rotatable bonds is 5. The first-order valence-electron chi connectivity index (χ1n) is 10.1. The molecule has 0 aliphatic carbocycles. The van der Waals surface area contributed by atoms with Gasteiger partial charge in [0.05, 0.1) is 5.69 Å². The Hall–Kier alpha value is -3.88. The molecule has 0 bridgehead atoms. The molecule has 2 atom stereocenters. The molecule has 0 saturated carbocycles. The van der Waals surface area contributed by atoms with Crippen LogP contribution in [0.3, 0.4) is 0 Å². The summed E-state index contributed by atoms with van der Waals surface area (Å²) in [5, 5.41) is 13.5. The number of imide groups is 1. The number of hydrogen-bond donors (Lipinski definition) is 0. The van der Waals surface area contributed by atoms with E-state index in [0.717, 1.165) is 11.1 Å². The maximum atomic E-state index is 13.1. The SMILES string of the molecule is CC(C)c1ccc(N2C(=O)C3N=NN(Cc4nc(-c5ccccc5)no4)C3C2=O)cc1. The fraction of sp³-hybridized carbons (Fsp3) is 0.273. The summed E-state index contributed by atoms with van der Waals surface area (Å²) in [6.07, 6.45) is 0. The predicted octanol–water partition coefficient (Wildman–Crippen LogP) is 3.35. The van der Waals surface area contributed by atoms with E-state index in [9.17, 15) is 9.59 Å². The summed E-state index contributed by atoms with van der Waals surface area (Å²) in [5.41, 5.74) is 2.49. The van der Waals surface area contributed by atoms with Gasteiger partial charge in [-0.3, -0.25) is 14.6 Å². The summed E-state index contributed by atoms with van der Waals surface area (Å²) in [6.45, 7) is 4.26. The van der Waals surface area contributed by atoms with E-state index in [4.69, 9.17) is 4.52 Å². The lowest BCUT2D eigenvalue weighted by molar-refractivity contribution is -0.123. The molecule has 0 radical (unpaired) electrons. The Bertz CT molecular complexity index is 1160. The van der Waals surface area contributed by atoms with Crippen molar-refractivity contribution in [2.24, 2.45) is 10.3 Å². The van der Waals surface area contributed by atoms with Gasteiger partial charge in [-0.05, 0) is 23.6 Å². The molecule has 2 aliphatic heterocycles.